The second-order valence-electron chi connectivity index (χ2n) is 4.95. The van der Waals surface area contributed by atoms with Crippen molar-refractivity contribution in [2.24, 2.45) is 0 Å². The van der Waals surface area contributed by atoms with E-state index in [0.717, 1.165) is 6.54 Å². The summed E-state index contributed by atoms with van der Waals surface area (Å²) in [6.45, 7) is 1.46. The quantitative estimate of drug-likeness (QED) is 0.766. The fraction of sp³-hybridized carbons (Fsp3) is 0.462. The normalized spacial score (nSPS) is 22.3. The monoisotopic (exact) mass is 267 g/mol. The zero-order chi connectivity index (χ0) is 13.9. The van der Waals surface area contributed by atoms with Gasteiger partial charge < -0.3 is 20.6 Å². The predicted octanol–water partition coefficient (Wildman–Crippen LogP) is 1.01. The van der Waals surface area contributed by atoms with E-state index < -0.39 is 11.4 Å². The van der Waals surface area contributed by atoms with Crippen LogP contribution in [-0.4, -0.2) is 48.3 Å². The summed E-state index contributed by atoms with van der Waals surface area (Å²) in [5.74, 6) is -0.404. The number of anilines is 1. The Morgan fingerprint density at radius 1 is 1.63 bits per heavy atom. The molecule has 2 rings (SSSR count). The van der Waals surface area contributed by atoms with Crippen molar-refractivity contribution < 1.29 is 14.3 Å². The van der Waals surface area contributed by atoms with Crippen LogP contribution in [0.4, 0.5) is 14.9 Å². The van der Waals surface area contributed by atoms with E-state index in [1.807, 2.05) is 0 Å². The first kappa shape index (κ1) is 13.8. The Balaban J connectivity index is 1.92. The molecule has 1 aliphatic heterocycles. The van der Waals surface area contributed by atoms with Gasteiger partial charge in [-0.25, -0.2) is 9.18 Å². The summed E-state index contributed by atoms with van der Waals surface area (Å²) in [6, 6.07) is 5.33. The van der Waals surface area contributed by atoms with Crippen molar-refractivity contribution in [2.75, 3.05) is 32.0 Å². The zero-order valence-electron chi connectivity index (χ0n) is 10.8. The van der Waals surface area contributed by atoms with Gasteiger partial charge in [-0.3, -0.25) is 0 Å². The molecule has 3 N–H and O–H groups in total. The van der Waals surface area contributed by atoms with Crippen LogP contribution in [0.2, 0.25) is 0 Å². The van der Waals surface area contributed by atoms with Gasteiger partial charge in [-0.1, -0.05) is 6.07 Å². The maximum atomic E-state index is 13.0. The number of nitrogens with one attached hydrogen (secondary N) is 2. The number of hydrogen-bond acceptors (Lipinski definition) is 3. The van der Waals surface area contributed by atoms with E-state index in [4.69, 9.17) is 0 Å². The molecule has 1 aliphatic rings. The lowest BCUT2D eigenvalue weighted by Crippen LogP contribution is -2.46. The second kappa shape index (κ2) is 5.54. The van der Waals surface area contributed by atoms with Crippen LogP contribution in [0.5, 0.6) is 0 Å². The average molecular weight is 267 g/mol. The number of β-amino-alcohol motifs (C(OH)–C–C–N with tert-alkyl or cyclic N) is 1. The molecule has 0 radical (unpaired) electrons. The highest BCUT2D eigenvalue weighted by Gasteiger charge is 2.33. The molecule has 1 aromatic carbocycles. The van der Waals surface area contributed by atoms with Crippen molar-refractivity contribution in [3.05, 3.63) is 30.1 Å². The third-order valence-electron chi connectivity index (χ3n) is 3.18. The van der Waals surface area contributed by atoms with Crippen molar-refractivity contribution >= 4 is 11.7 Å². The first-order valence-electron chi connectivity index (χ1n) is 6.19. The van der Waals surface area contributed by atoms with Crippen LogP contribution in [-0.2, 0) is 0 Å². The highest BCUT2D eigenvalue weighted by Crippen LogP contribution is 2.16. The summed E-state index contributed by atoms with van der Waals surface area (Å²) in [4.78, 5) is 13.3. The standard InChI is InChI=1S/C13H18FN3O2/c1-17(9-13(19)5-6-15-8-13)12(18)16-11-4-2-3-10(14)7-11/h2-4,7,15,19H,5-6,8-9H2,1H3,(H,16,18). The van der Waals surface area contributed by atoms with E-state index in [-0.39, 0.29) is 12.6 Å². The molecular weight excluding hydrogens is 249 g/mol. The molecule has 2 amide bonds. The maximum absolute atomic E-state index is 13.0. The van der Waals surface area contributed by atoms with Crippen LogP contribution in [0, 0.1) is 5.82 Å². The molecule has 6 heteroatoms. The van der Waals surface area contributed by atoms with E-state index in [9.17, 15) is 14.3 Å². The summed E-state index contributed by atoms with van der Waals surface area (Å²) in [5, 5.41) is 15.8. The van der Waals surface area contributed by atoms with Gasteiger partial charge in [0, 0.05) is 19.3 Å². The van der Waals surface area contributed by atoms with Gasteiger partial charge in [0.25, 0.3) is 0 Å². The number of halogens is 1. The number of rotatable bonds is 3. The van der Waals surface area contributed by atoms with E-state index in [0.29, 0.717) is 18.7 Å². The lowest BCUT2D eigenvalue weighted by atomic mass is 10.0. The van der Waals surface area contributed by atoms with Crippen molar-refractivity contribution in [2.45, 2.75) is 12.0 Å². The van der Waals surface area contributed by atoms with Gasteiger partial charge in [0.15, 0.2) is 0 Å². The first-order chi connectivity index (χ1) is 8.98. The number of urea groups is 1. The Morgan fingerprint density at radius 2 is 2.42 bits per heavy atom. The Hall–Kier alpha value is -1.66. The molecule has 0 saturated carbocycles. The molecule has 5 nitrogen and oxygen atoms in total. The molecule has 19 heavy (non-hydrogen) atoms. The van der Waals surface area contributed by atoms with Crippen LogP contribution in [0.15, 0.2) is 24.3 Å². The van der Waals surface area contributed by atoms with Crippen LogP contribution >= 0.6 is 0 Å². The van der Waals surface area contributed by atoms with Crippen molar-refractivity contribution in [3.63, 3.8) is 0 Å². The molecule has 1 atom stereocenters. The summed E-state index contributed by atoms with van der Waals surface area (Å²) < 4.78 is 13.0. The summed E-state index contributed by atoms with van der Waals surface area (Å²) >= 11 is 0. The van der Waals surface area contributed by atoms with Crippen molar-refractivity contribution in [1.29, 1.82) is 0 Å². The Bertz CT molecular complexity index is 461. The lowest BCUT2D eigenvalue weighted by Gasteiger charge is -2.28. The van der Waals surface area contributed by atoms with E-state index in [2.05, 4.69) is 10.6 Å². The highest BCUT2D eigenvalue weighted by molar-refractivity contribution is 5.89. The number of carbonyl (C=O) groups excluding carboxylic acids is 1. The molecule has 1 aromatic rings. The minimum absolute atomic E-state index is 0.237. The Labute approximate surface area is 111 Å². The fourth-order valence-electron chi connectivity index (χ4n) is 2.16. The molecule has 0 aliphatic carbocycles. The molecule has 0 aromatic heterocycles. The minimum atomic E-state index is -0.881. The second-order valence-corrected chi connectivity index (χ2v) is 4.95. The summed E-state index contributed by atoms with van der Waals surface area (Å²) in [6.07, 6.45) is 0.616. The number of hydrogen-bond donors (Lipinski definition) is 3. The van der Waals surface area contributed by atoms with Crippen molar-refractivity contribution in [3.8, 4) is 0 Å². The minimum Gasteiger partial charge on any atom is -0.387 e. The first-order valence-corrected chi connectivity index (χ1v) is 6.19. The number of carbonyl (C=O) groups is 1. The van der Waals surface area contributed by atoms with Gasteiger partial charge in [0.2, 0.25) is 0 Å². The van der Waals surface area contributed by atoms with Gasteiger partial charge in [-0.05, 0) is 31.2 Å². The van der Waals surface area contributed by atoms with E-state index in [1.165, 1.54) is 23.1 Å². The number of aliphatic hydroxyl groups is 1. The fourth-order valence-corrected chi connectivity index (χ4v) is 2.16. The molecule has 1 saturated heterocycles. The van der Waals surface area contributed by atoms with E-state index >= 15 is 0 Å². The lowest BCUT2D eigenvalue weighted by molar-refractivity contribution is 0.0384. The van der Waals surface area contributed by atoms with Crippen LogP contribution < -0.4 is 10.6 Å². The van der Waals surface area contributed by atoms with Gasteiger partial charge >= 0.3 is 6.03 Å². The maximum Gasteiger partial charge on any atom is 0.321 e. The van der Waals surface area contributed by atoms with Crippen LogP contribution in [0.25, 0.3) is 0 Å². The topological polar surface area (TPSA) is 64.6 Å². The summed E-state index contributed by atoms with van der Waals surface area (Å²) in [5.41, 5.74) is -0.484. The van der Waals surface area contributed by atoms with Gasteiger partial charge in [0.05, 0.1) is 12.1 Å². The Kier molecular flexibility index (Phi) is 4.01. The number of benzene rings is 1. The SMILES string of the molecule is CN(CC1(O)CCNC1)C(=O)Nc1cccc(F)c1. The number of nitrogens with zero attached hydrogens (tertiary/aromatic N) is 1. The van der Waals surface area contributed by atoms with Crippen molar-refractivity contribution in [1.82, 2.24) is 10.2 Å². The number of likely N-dealkylation sites (N-methyl/N-ethyl adjacent to an activating group) is 1. The molecular formula is C13H18FN3O2. The van der Waals surface area contributed by atoms with Crippen LogP contribution in [0.3, 0.4) is 0 Å². The Morgan fingerprint density at radius 3 is 3.05 bits per heavy atom. The molecule has 0 spiro atoms. The zero-order valence-corrected chi connectivity index (χ0v) is 10.8. The predicted molar refractivity (Wildman–Crippen MR) is 70.5 cm³/mol. The third-order valence-corrected chi connectivity index (χ3v) is 3.18. The third kappa shape index (κ3) is 3.65. The molecule has 1 unspecified atom stereocenters. The molecule has 0 bridgehead atoms. The van der Waals surface area contributed by atoms with E-state index in [1.54, 1.807) is 13.1 Å². The largest absolute Gasteiger partial charge is 0.387 e. The van der Waals surface area contributed by atoms with Gasteiger partial charge in [0.1, 0.15) is 5.82 Å². The highest BCUT2D eigenvalue weighted by atomic mass is 19.1. The van der Waals surface area contributed by atoms with Gasteiger partial charge in [-0.2, -0.15) is 0 Å². The molecule has 1 heterocycles. The smallest absolute Gasteiger partial charge is 0.321 e. The molecule has 1 fully saturated rings. The van der Waals surface area contributed by atoms with Crippen LogP contribution in [0.1, 0.15) is 6.42 Å². The average Bonchev–Trinajstić information content (AvgIpc) is 2.75. The summed E-state index contributed by atoms with van der Waals surface area (Å²) in [7, 11) is 1.60. The van der Waals surface area contributed by atoms with Gasteiger partial charge in [-0.15, -0.1) is 0 Å². The molecule has 104 valence electrons. The number of amides is 2.